The van der Waals surface area contributed by atoms with Crippen LogP contribution in [0.1, 0.15) is 36.9 Å². The van der Waals surface area contributed by atoms with Crippen molar-refractivity contribution in [3.05, 3.63) is 4.88 Å². The molecule has 0 saturated carbocycles. The third-order valence-corrected chi connectivity index (χ3v) is 5.45. The Morgan fingerprint density at radius 1 is 1.35 bits per heavy atom. The summed E-state index contributed by atoms with van der Waals surface area (Å²) in [7, 11) is 0. The molecule has 1 heterocycles. The highest BCUT2D eigenvalue weighted by Gasteiger charge is 2.19. The van der Waals surface area contributed by atoms with Crippen LogP contribution < -0.4 is 11.1 Å². The van der Waals surface area contributed by atoms with Crippen LogP contribution in [-0.4, -0.2) is 43.1 Å². The number of carbonyl (C=O) groups excluding carboxylic acids is 1. The molecular formula is C14H25N3OS2. The fourth-order valence-corrected chi connectivity index (χ4v) is 4.05. The number of thioether (sulfide) groups is 1. The summed E-state index contributed by atoms with van der Waals surface area (Å²) < 4.78 is 0. The number of Topliss-reactive ketones (excluding diaryl/α,β-unsaturated/α-hetero) is 1. The Labute approximate surface area is 130 Å². The van der Waals surface area contributed by atoms with E-state index in [2.05, 4.69) is 24.1 Å². The molecule has 0 spiro atoms. The topological polar surface area (TPSA) is 58.4 Å². The predicted molar refractivity (Wildman–Crippen MR) is 91.4 cm³/mol. The molecule has 1 rings (SSSR count). The van der Waals surface area contributed by atoms with Crippen LogP contribution in [0.3, 0.4) is 0 Å². The summed E-state index contributed by atoms with van der Waals surface area (Å²) in [4.78, 5) is 15.9. The SMILES string of the molecule is CCC(=O)c1sc(NCCN(CC)CC)c(SC)c1N. The van der Waals surface area contributed by atoms with E-state index in [0.717, 1.165) is 36.1 Å². The maximum atomic E-state index is 11.9. The lowest BCUT2D eigenvalue weighted by Gasteiger charge is -2.18. The normalized spacial score (nSPS) is 11.1. The van der Waals surface area contributed by atoms with E-state index in [-0.39, 0.29) is 5.78 Å². The maximum absolute atomic E-state index is 11.9. The monoisotopic (exact) mass is 315 g/mol. The minimum absolute atomic E-state index is 0.125. The summed E-state index contributed by atoms with van der Waals surface area (Å²) in [6.45, 7) is 10.2. The van der Waals surface area contributed by atoms with Gasteiger partial charge in [-0.25, -0.2) is 0 Å². The number of anilines is 2. The number of hydrogen-bond donors (Lipinski definition) is 2. The van der Waals surface area contributed by atoms with Gasteiger partial charge in [0.2, 0.25) is 0 Å². The van der Waals surface area contributed by atoms with Crippen molar-refractivity contribution in [2.45, 2.75) is 32.1 Å². The van der Waals surface area contributed by atoms with E-state index in [1.165, 1.54) is 11.3 Å². The number of thiophene rings is 1. The molecule has 20 heavy (non-hydrogen) atoms. The van der Waals surface area contributed by atoms with Gasteiger partial charge in [-0.2, -0.15) is 0 Å². The van der Waals surface area contributed by atoms with E-state index >= 15 is 0 Å². The van der Waals surface area contributed by atoms with Gasteiger partial charge in [0, 0.05) is 19.5 Å². The molecule has 0 amide bonds. The molecule has 3 N–H and O–H groups in total. The van der Waals surface area contributed by atoms with Crippen molar-refractivity contribution in [2.24, 2.45) is 0 Å². The molecule has 1 aromatic rings. The average molecular weight is 316 g/mol. The smallest absolute Gasteiger partial charge is 0.174 e. The molecule has 0 aliphatic heterocycles. The lowest BCUT2D eigenvalue weighted by atomic mass is 10.2. The van der Waals surface area contributed by atoms with Crippen molar-refractivity contribution in [1.29, 1.82) is 0 Å². The third kappa shape index (κ3) is 4.14. The van der Waals surface area contributed by atoms with Crippen LogP contribution in [-0.2, 0) is 0 Å². The number of ketones is 1. The van der Waals surface area contributed by atoms with Crippen LogP contribution in [0.15, 0.2) is 4.90 Å². The Balaban J connectivity index is 2.77. The van der Waals surface area contributed by atoms with Gasteiger partial charge in [0.25, 0.3) is 0 Å². The van der Waals surface area contributed by atoms with Crippen molar-refractivity contribution in [2.75, 3.05) is 43.5 Å². The number of nitrogens with two attached hydrogens (primary N) is 1. The van der Waals surface area contributed by atoms with Crippen LogP contribution in [0.25, 0.3) is 0 Å². The molecule has 0 aliphatic carbocycles. The van der Waals surface area contributed by atoms with Crippen LogP contribution in [0.2, 0.25) is 0 Å². The molecule has 0 atom stereocenters. The van der Waals surface area contributed by atoms with Gasteiger partial charge in [0.05, 0.1) is 15.5 Å². The molecular weight excluding hydrogens is 290 g/mol. The lowest BCUT2D eigenvalue weighted by molar-refractivity contribution is 0.0992. The minimum Gasteiger partial charge on any atom is -0.396 e. The van der Waals surface area contributed by atoms with E-state index in [4.69, 9.17) is 5.73 Å². The average Bonchev–Trinajstić information content (AvgIpc) is 2.79. The Morgan fingerprint density at radius 2 is 2.00 bits per heavy atom. The quantitative estimate of drug-likeness (QED) is 0.540. The summed E-state index contributed by atoms with van der Waals surface area (Å²) in [5, 5.41) is 4.45. The van der Waals surface area contributed by atoms with Crippen molar-refractivity contribution in [3.63, 3.8) is 0 Å². The molecule has 0 saturated heterocycles. The highest BCUT2D eigenvalue weighted by Crippen LogP contribution is 2.42. The lowest BCUT2D eigenvalue weighted by Crippen LogP contribution is -2.28. The number of hydrogen-bond acceptors (Lipinski definition) is 6. The first-order valence-electron chi connectivity index (χ1n) is 7.04. The van der Waals surface area contributed by atoms with Gasteiger partial charge in [-0.05, 0) is 19.3 Å². The molecule has 0 bridgehead atoms. The van der Waals surface area contributed by atoms with Gasteiger partial charge >= 0.3 is 0 Å². The first-order valence-corrected chi connectivity index (χ1v) is 9.08. The van der Waals surface area contributed by atoms with Gasteiger partial charge in [0.15, 0.2) is 5.78 Å². The largest absolute Gasteiger partial charge is 0.396 e. The second kappa shape index (κ2) is 8.54. The molecule has 4 nitrogen and oxygen atoms in total. The molecule has 0 radical (unpaired) electrons. The first kappa shape index (κ1) is 17.3. The van der Waals surface area contributed by atoms with Crippen LogP contribution >= 0.6 is 23.1 Å². The van der Waals surface area contributed by atoms with Gasteiger partial charge in [-0.3, -0.25) is 4.79 Å². The van der Waals surface area contributed by atoms with E-state index in [1.54, 1.807) is 11.8 Å². The number of nitrogens with one attached hydrogen (secondary N) is 1. The molecule has 0 fully saturated rings. The number of carbonyl (C=O) groups is 1. The number of rotatable bonds is 9. The highest BCUT2D eigenvalue weighted by atomic mass is 32.2. The van der Waals surface area contributed by atoms with Crippen molar-refractivity contribution < 1.29 is 4.79 Å². The van der Waals surface area contributed by atoms with Crippen LogP contribution in [0, 0.1) is 0 Å². The zero-order valence-corrected chi connectivity index (χ0v) is 14.4. The third-order valence-electron chi connectivity index (χ3n) is 3.29. The Bertz CT molecular complexity index is 442. The number of nitrogens with zero attached hydrogens (tertiary/aromatic N) is 1. The summed E-state index contributed by atoms with van der Waals surface area (Å²) in [5.41, 5.74) is 6.73. The Morgan fingerprint density at radius 3 is 2.50 bits per heavy atom. The van der Waals surface area contributed by atoms with Crippen LogP contribution in [0.4, 0.5) is 10.7 Å². The zero-order chi connectivity index (χ0) is 15.1. The highest BCUT2D eigenvalue weighted by molar-refractivity contribution is 7.99. The molecule has 1 aromatic heterocycles. The van der Waals surface area contributed by atoms with Gasteiger partial charge in [-0.15, -0.1) is 23.1 Å². The molecule has 114 valence electrons. The summed E-state index contributed by atoms with van der Waals surface area (Å²) in [6.07, 6.45) is 2.49. The van der Waals surface area contributed by atoms with Crippen molar-refractivity contribution in [1.82, 2.24) is 4.90 Å². The van der Waals surface area contributed by atoms with Gasteiger partial charge < -0.3 is 16.0 Å². The van der Waals surface area contributed by atoms with E-state index < -0.39 is 0 Å². The second-order valence-corrected chi connectivity index (χ2v) is 6.27. The maximum Gasteiger partial charge on any atom is 0.174 e. The number of likely N-dealkylation sites (N-methyl/N-ethyl adjacent to an activating group) is 1. The molecule has 0 unspecified atom stereocenters. The molecule has 6 heteroatoms. The number of nitrogen functional groups attached to an aromatic ring is 1. The zero-order valence-electron chi connectivity index (χ0n) is 12.8. The Hall–Kier alpha value is -0.720. The van der Waals surface area contributed by atoms with Crippen LogP contribution in [0.5, 0.6) is 0 Å². The summed E-state index contributed by atoms with van der Waals surface area (Å²) >= 11 is 3.08. The van der Waals surface area contributed by atoms with Crippen molar-refractivity contribution in [3.8, 4) is 0 Å². The summed E-state index contributed by atoms with van der Waals surface area (Å²) in [6, 6.07) is 0. The second-order valence-electron chi connectivity index (χ2n) is 4.44. The van der Waals surface area contributed by atoms with Gasteiger partial charge in [0.1, 0.15) is 5.00 Å². The fraction of sp³-hybridized carbons (Fsp3) is 0.643. The molecule has 0 aliphatic rings. The summed E-state index contributed by atoms with van der Waals surface area (Å²) in [5.74, 6) is 0.125. The standard InChI is InChI=1S/C14H25N3OS2/c1-5-10(18)12-11(15)13(19-4)14(20-12)16-8-9-17(6-2)7-3/h16H,5-9,15H2,1-4H3. The van der Waals surface area contributed by atoms with E-state index in [1.807, 2.05) is 13.2 Å². The predicted octanol–water partition coefficient (Wildman–Crippen LogP) is 3.40. The minimum atomic E-state index is 0.125. The Kier molecular flexibility index (Phi) is 7.40. The van der Waals surface area contributed by atoms with E-state index in [0.29, 0.717) is 17.0 Å². The van der Waals surface area contributed by atoms with Crippen molar-refractivity contribution >= 4 is 39.6 Å². The molecule has 0 aromatic carbocycles. The van der Waals surface area contributed by atoms with Gasteiger partial charge in [-0.1, -0.05) is 20.8 Å². The fourth-order valence-electron chi connectivity index (χ4n) is 1.98. The van der Waals surface area contributed by atoms with E-state index in [9.17, 15) is 4.79 Å². The first-order chi connectivity index (χ1) is 9.58.